The summed E-state index contributed by atoms with van der Waals surface area (Å²) in [5, 5.41) is 3.06. The topological polar surface area (TPSA) is 38.3 Å². The Morgan fingerprint density at radius 2 is 1.68 bits per heavy atom. The molecule has 0 spiro atoms. The zero-order valence-corrected chi connectivity index (χ0v) is 13.4. The van der Waals surface area contributed by atoms with E-state index in [1.54, 1.807) is 0 Å². The molecule has 1 atom stereocenters. The zero-order valence-electron chi connectivity index (χ0n) is 13.4. The van der Waals surface area contributed by atoms with Crippen LogP contribution in [0.15, 0.2) is 54.6 Å². The predicted octanol–water partition coefficient (Wildman–Crippen LogP) is 3.89. The summed E-state index contributed by atoms with van der Waals surface area (Å²) in [4.78, 5) is 12.2. The monoisotopic (exact) mass is 297 g/mol. The highest BCUT2D eigenvalue weighted by atomic mass is 16.5. The summed E-state index contributed by atoms with van der Waals surface area (Å²) in [5.41, 5.74) is 2.14. The molecule has 0 saturated heterocycles. The van der Waals surface area contributed by atoms with E-state index in [-0.39, 0.29) is 18.6 Å². The number of para-hydroxylation sites is 1. The van der Waals surface area contributed by atoms with E-state index in [4.69, 9.17) is 4.74 Å². The van der Waals surface area contributed by atoms with Gasteiger partial charge >= 0.3 is 0 Å². The lowest BCUT2D eigenvalue weighted by Crippen LogP contribution is -2.35. The number of ether oxygens (including phenoxy) is 1. The predicted molar refractivity (Wildman–Crippen MR) is 88.8 cm³/mol. The van der Waals surface area contributed by atoms with E-state index in [0.717, 1.165) is 16.9 Å². The number of nitrogens with one attached hydrogen (secondary N) is 1. The fourth-order valence-electron chi connectivity index (χ4n) is 2.37. The molecule has 0 saturated carbocycles. The van der Waals surface area contributed by atoms with Crippen molar-refractivity contribution in [1.29, 1.82) is 0 Å². The van der Waals surface area contributed by atoms with Crippen molar-refractivity contribution in [3.8, 4) is 5.75 Å². The van der Waals surface area contributed by atoms with Crippen LogP contribution >= 0.6 is 0 Å². The van der Waals surface area contributed by atoms with Crippen LogP contribution in [0.1, 0.15) is 31.0 Å². The zero-order chi connectivity index (χ0) is 15.9. The Labute approximate surface area is 132 Å². The summed E-state index contributed by atoms with van der Waals surface area (Å²) in [5.74, 6) is 0.953. The number of hydrogen-bond donors (Lipinski definition) is 1. The molecule has 116 valence electrons. The minimum Gasteiger partial charge on any atom is -0.484 e. The second-order valence-electron chi connectivity index (χ2n) is 5.75. The lowest BCUT2D eigenvalue weighted by molar-refractivity contribution is -0.124. The van der Waals surface area contributed by atoms with Gasteiger partial charge in [0, 0.05) is 0 Å². The van der Waals surface area contributed by atoms with Gasteiger partial charge in [-0.1, -0.05) is 62.4 Å². The van der Waals surface area contributed by atoms with Gasteiger partial charge in [-0.25, -0.2) is 0 Å². The van der Waals surface area contributed by atoms with Gasteiger partial charge in [-0.3, -0.25) is 4.79 Å². The summed E-state index contributed by atoms with van der Waals surface area (Å²) in [6, 6.07) is 17.7. The molecule has 0 aliphatic rings. The Morgan fingerprint density at radius 3 is 2.32 bits per heavy atom. The third-order valence-electron chi connectivity index (χ3n) is 3.59. The van der Waals surface area contributed by atoms with E-state index in [0.29, 0.717) is 5.92 Å². The molecule has 0 radical (unpaired) electrons. The second kappa shape index (κ2) is 7.64. The number of rotatable bonds is 6. The van der Waals surface area contributed by atoms with Gasteiger partial charge in [-0.15, -0.1) is 0 Å². The summed E-state index contributed by atoms with van der Waals surface area (Å²) in [6.07, 6.45) is 0. The molecule has 2 rings (SSSR count). The first kappa shape index (κ1) is 16.1. The SMILES string of the molecule is Cc1ccccc1OCC(=O)NC(c1ccccc1)C(C)C. The number of carbonyl (C=O) groups excluding carboxylic acids is 1. The summed E-state index contributed by atoms with van der Waals surface area (Å²) in [7, 11) is 0. The van der Waals surface area contributed by atoms with Gasteiger partial charge in [0.2, 0.25) is 0 Å². The van der Waals surface area contributed by atoms with Gasteiger partial charge < -0.3 is 10.1 Å². The highest BCUT2D eigenvalue weighted by Gasteiger charge is 2.18. The molecule has 2 aromatic rings. The number of hydrogen-bond acceptors (Lipinski definition) is 2. The van der Waals surface area contributed by atoms with E-state index in [1.165, 1.54) is 0 Å². The van der Waals surface area contributed by atoms with Crippen molar-refractivity contribution in [3.63, 3.8) is 0 Å². The lowest BCUT2D eigenvalue weighted by Gasteiger charge is -2.23. The Balaban J connectivity index is 1.96. The summed E-state index contributed by atoms with van der Waals surface area (Å²) in [6.45, 7) is 6.19. The van der Waals surface area contributed by atoms with Crippen molar-refractivity contribution in [1.82, 2.24) is 5.32 Å². The fraction of sp³-hybridized carbons (Fsp3) is 0.316. The van der Waals surface area contributed by atoms with Crippen molar-refractivity contribution in [2.24, 2.45) is 5.92 Å². The van der Waals surface area contributed by atoms with Gasteiger partial charge in [-0.05, 0) is 30.0 Å². The molecule has 0 aliphatic heterocycles. The van der Waals surface area contributed by atoms with E-state index in [1.807, 2.05) is 61.5 Å². The molecular formula is C19H23NO2. The van der Waals surface area contributed by atoms with Crippen LogP contribution in [0.25, 0.3) is 0 Å². The molecule has 1 unspecified atom stereocenters. The van der Waals surface area contributed by atoms with Gasteiger partial charge in [0.05, 0.1) is 6.04 Å². The smallest absolute Gasteiger partial charge is 0.258 e. The minimum absolute atomic E-state index is 0.00540. The van der Waals surface area contributed by atoms with Crippen molar-refractivity contribution in [2.45, 2.75) is 26.8 Å². The van der Waals surface area contributed by atoms with E-state index >= 15 is 0 Å². The van der Waals surface area contributed by atoms with Crippen LogP contribution in [0.4, 0.5) is 0 Å². The van der Waals surface area contributed by atoms with Crippen LogP contribution in [0, 0.1) is 12.8 Å². The maximum atomic E-state index is 12.2. The largest absolute Gasteiger partial charge is 0.484 e. The molecule has 3 nitrogen and oxygen atoms in total. The van der Waals surface area contributed by atoms with Crippen LogP contribution in [-0.4, -0.2) is 12.5 Å². The van der Waals surface area contributed by atoms with Crippen LogP contribution in [0.3, 0.4) is 0 Å². The number of amides is 1. The van der Waals surface area contributed by atoms with Crippen molar-refractivity contribution in [3.05, 3.63) is 65.7 Å². The standard InChI is InChI=1S/C19H23NO2/c1-14(2)19(16-10-5-4-6-11-16)20-18(21)13-22-17-12-8-7-9-15(17)3/h4-12,14,19H,13H2,1-3H3,(H,20,21). The second-order valence-corrected chi connectivity index (χ2v) is 5.75. The third-order valence-corrected chi connectivity index (χ3v) is 3.59. The molecule has 0 aliphatic carbocycles. The van der Waals surface area contributed by atoms with Gasteiger partial charge in [0.25, 0.3) is 5.91 Å². The first-order valence-corrected chi connectivity index (χ1v) is 7.60. The van der Waals surface area contributed by atoms with E-state index < -0.39 is 0 Å². The summed E-state index contributed by atoms with van der Waals surface area (Å²) < 4.78 is 5.60. The van der Waals surface area contributed by atoms with Gasteiger partial charge in [0.15, 0.2) is 6.61 Å². The molecule has 2 aromatic carbocycles. The molecule has 1 amide bonds. The minimum atomic E-state index is -0.106. The molecular weight excluding hydrogens is 274 g/mol. The fourth-order valence-corrected chi connectivity index (χ4v) is 2.37. The maximum absolute atomic E-state index is 12.2. The van der Waals surface area contributed by atoms with Gasteiger partial charge in [-0.2, -0.15) is 0 Å². The number of benzene rings is 2. The molecule has 22 heavy (non-hydrogen) atoms. The van der Waals surface area contributed by atoms with Crippen LogP contribution < -0.4 is 10.1 Å². The molecule has 3 heteroatoms. The summed E-state index contributed by atoms with van der Waals surface area (Å²) >= 11 is 0. The maximum Gasteiger partial charge on any atom is 0.258 e. The molecule has 0 fully saturated rings. The van der Waals surface area contributed by atoms with Crippen molar-refractivity contribution < 1.29 is 9.53 Å². The molecule has 0 aromatic heterocycles. The third kappa shape index (κ3) is 4.35. The number of carbonyl (C=O) groups is 1. The van der Waals surface area contributed by atoms with Crippen LogP contribution in [0.2, 0.25) is 0 Å². The Kier molecular flexibility index (Phi) is 5.59. The van der Waals surface area contributed by atoms with Crippen LogP contribution in [-0.2, 0) is 4.79 Å². The first-order valence-electron chi connectivity index (χ1n) is 7.60. The highest BCUT2D eigenvalue weighted by molar-refractivity contribution is 5.78. The molecule has 0 heterocycles. The van der Waals surface area contributed by atoms with E-state index in [9.17, 15) is 4.79 Å². The normalized spacial score (nSPS) is 12.0. The Hall–Kier alpha value is -2.29. The van der Waals surface area contributed by atoms with Gasteiger partial charge in [0.1, 0.15) is 5.75 Å². The lowest BCUT2D eigenvalue weighted by atomic mass is 9.96. The number of aryl methyl sites for hydroxylation is 1. The Bertz CT molecular complexity index is 608. The van der Waals surface area contributed by atoms with E-state index in [2.05, 4.69) is 19.2 Å². The average Bonchev–Trinajstić information content (AvgIpc) is 2.52. The van der Waals surface area contributed by atoms with Crippen LogP contribution in [0.5, 0.6) is 5.75 Å². The highest BCUT2D eigenvalue weighted by Crippen LogP contribution is 2.21. The Morgan fingerprint density at radius 1 is 1.05 bits per heavy atom. The van der Waals surface area contributed by atoms with Crippen molar-refractivity contribution in [2.75, 3.05) is 6.61 Å². The quantitative estimate of drug-likeness (QED) is 0.878. The first-order chi connectivity index (χ1) is 10.6. The average molecular weight is 297 g/mol. The molecule has 0 bridgehead atoms. The molecule has 1 N–H and O–H groups in total. The van der Waals surface area contributed by atoms with Crippen molar-refractivity contribution >= 4 is 5.91 Å².